The number of methoxy groups -OCH3 is 1. The molecule has 104 valence electrons. The molecule has 0 fully saturated rings. The number of fused-ring (bicyclic) bond motifs is 1. The van der Waals surface area contributed by atoms with Crippen molar-refractivity contribution in [2.75, 3.05) is 7.11 Å². The highest BCUT2D eigenvalue weighted by Crippen LogP contribution is 2.28. The summed E-state index contributed by atoms with van der Waals surface area (Å²) < 4.78 is 24.0. The zero-order valence-electron chi connectivity index (χ0n) is 11.2. The van der Waals surface area contributed by atoms with Crippen LogP contribution in [0.1, 0.15) is 28.3 Å². The number of hydrogen-bond acceptors (Lipinski definition) is 3. The Hall–Kier alpha value is -1.91. The second-order valence-electron chi connectivity index (χ2n) is 4.89. The lowest BCUT2D eigenvalue weighted by molar-refractivity contribution is 0.134. The SMILES string of the molecule is COc1ccc(C(N)c2ccc3c(c2)COC3)cc1F. The monoisotopic (exact) mass is 273 g/mol. The molecule has 0 amide bonds. The van der Waals surface area contributed by atoms with Gasteiger partial charge in [0.2, 0.25) is 0 Å². The largest absolute Gasteiger partial charge is 0.494 e. The molecule has 0 spiro atoms. The van der Waals surface area contributed by atoms with Crippen LogP contribution >= 0.6 is 0 Å². The summed E-state index contributed by atoms with van der Waals surface area (Å²) in [5, 5.41) is 0. The lowest BCUT2D eigenvalue weighted by Gasteiger charge is -2.14. The van der Waals surface area contributed by atoms with Gasteiger partial charge in [-0.3, -0.25) is 0 Å². The molecule has 20 heavy (non-hydrogen) atoms. The molecule has 0 aliphatic carbocycles. The number of halogens is 1. The highest BCUT2D eigenvalue weighted by molar-refractivity contribution is 5.40. The first kappa shape index (κ1) is 13.1. The molecule has 0 aromatic heterocycles. The van der Waals surface area contributed by atoms with Crippen molar-refractivity contribution in [1.29, 1.82) is 0 Å². The molecule has 0 radical (unpaired) electrons. The lowest BCUT2D eigenvalue weighted by atomic mass is 9.96. The fraction of sp³-hybridized carbons (Fsp3) is 0.250. The van der Waals surface area contributed by atoms with Crippen molar-refractivity contribution >= 4 is 0 Å². The van der Waals surface area contributed by atoms with Crippen molar-refractivity contribution in [1.82, 2.24) is 0 Å². The molecule has 0 saturated carbocycles. The first-order valence-corrected chi connectivity index (χ1v) is 6.47. The number of nitrogens with two attached hydrogens (primary N) is 1. The van der Waals surface area contributed by atoms with Crippen LogP contribution in [0.25, 0.3) is 0 Å². The van der Waals surface area contributed by atoms with Crippen LogP contribution in [-0.2, 0) is 18.0 Å². The Labute approximate surface area is 117 Å². The molecular weight excluding hydrogens is 257 g/mol. The fourth-order valence-corrected chi connectivity index (χ4v) is 2.45. The van der Waals surface area contributed by atoms with Crippen molar-refractivity contribution < 1.29 is 13.9 Å². The first-order valence-electron chi connectivity index (χ1n) is 6.47. The summed E-state index contributed by atoms with van der Waals surface area (Å²) in [6, 6.07) is 10.5. The van der Waals surface area contributed by atoms with Gasteiger partial charge in [-0.25, -0.2) is 4.39 Å². The minimum Gasteiger partial charge on any atom is -0.494 e. The summed E-state index contributed by atoms with van der Waals surface area (Å²) in [5.74, 6) is -0.173. The lowest BCUT2D eigenvalue weighted by Crippen LogP contribution is -2.12. The van der Waals surface area contributed by atoms with Crippen LogP contribution in [0.5, 0.6) is 5.75 Å². The van der Waals surface area contributed by atoms with Gasteiger partial charge < -0.3 is 15.2 Å². The van der Waals surface area contributed by atoms with Crippen LogP contribution in [0.4, 0.5) is 4.39 Å². The van der Waals surface area contributed by atoms with Crippen LogP contribution in [0.15, 0.2) is 36.4 Å². The maximum Gasteiger partial charge on any atom is 0.165 e. The Morgan fingerprint density at radius 1 is 1.10 bits per heavy atom. The summed E-state index contributed by atoms with van der Waals surface area (Å²) in [5.41, 5.74) is 10.3. The van der Waals surface area contributed by atoms with Crippen molar-refractivity contribution in [3.05, 3.63) is 64.5 Å². The minimum atomic E-state index is -0.398. The van der Waals surface area contributed by atoms with Crippen LogP contribution in [0.3, 0.4) is 0 Å². The van der Waals surface area contributed by atoms with Crippen LogP contribution in [-0.4, -0.2) is 7.11 Å². The van der Waals surface area contributed by atoms with Gasteiger partial charge in [-0.1, -0.05) is 24.3 Å². The highest BCUT2D eigenvalue weighted by Gasteiger charge is 2.16. The molecular formula is C16H16FNO2. The summed E-state index contributed by atoms with van der Waals surface area (Å²) in [6.45, 7) is 1.27. The van der Waals surface area contributed by atoms with Gasteiger partial charge in [0.15, 0.2) is 11.6 Å². The summed E-state index contributed by atoms with van der Waals surface area (Å²) in [7, 11) is 1.44. The van der Waals surface area contributed by atoms with Gasteiger partial charge in [0.25, 0.3) is 0 Å². The summed E-state index contributed by atoms with van der Waals surface area (Å²) >= 11 is 0. The average Bonchev–Trinajstić information content (AvgIpc) is 2.93. The Balaban J connectivity index is 1.92. The van der Waals surface area contributed by atoms with E-state index in [1.54, 1.807) is 12.1 Å². The zero-order chi connectivity index (χ0) is 14.1. The van der Waals surface area contributed by atoms with Crippen molar-refractivity contribution in [2.24, 2.45) is 5.73 Å². The first-order chi connectivity index (χ1) is 9.69. The second-order valence-corrected chi connectivity index (χ2v) is 4.89. The van der Waals surface area contributed by atoms with E-state index >= 15 is 0 Å². The Kier molecular flexibility index (Phi) is 3.42. The quantitative estimate of drug-likeness (QED) is 0.935. The van der Waals surface area contributed by atoms with Crippen molar-refractivity contribution in [2.45, 2.75) is 19.3 Å². The maximum atomic E-state index is 13.7. The molecule has 1 aliphatic rings. The topological polar surface area (TPSA) is 44.5 Å². The minimum absolute atomic E-state index is 0.225. The Morgan fingerprint density at radius 2 is 1.80 bits per heavy atom. The molecule has 2 aromatic carbocycles. The van der Waals surface area contributed by atoms with E-state index < -0.39 is 5.82 Å². The van der Waals surface area contributed by atoms with Crippen LogP contribution in [0, 0.1) is 5.82 Å². The van der Waals surface area contributed by atoms with E-state index in [2.05, 4.69) is 0 Å². The number of benzene rings is 2. The fourth-order valence-electron chi connectivity index (χ4n) is 2.45. The molecule has 1 aliphatic heterocycles. The molecule has 2 aromatic rings. The normalized spacial score (nSPS) is 14.9. The van der Waals surface area contributed by atoms with Crippen LogP contribution in [0.2, 0.25) is 0 Å². The Bertz CT molecular complexity index is 642. The smallest absolute Gasteiger partial charge is 0.165 e. The van der Waals surface area contributed by atoms with Crippen LogP contribution < -0.4 is 10.5 Å². The maximum absolute atomic E-state index is 13.7. The molecule has 0 saturated heterocycles. The Morgan fingerprint density at radius 3 is 2.55 bits per heavy atom. The number of rotatable bonds is 3. The third-order valence-corrected chi connectivity index (χ3v) is 3.64. The highest BCUT2D eigenvalue weighted by atomic mass is 19.1. The van der Waals surface area contributed by atoms with Gasteiger partial charge in [-0.05, 0) is 34.4 Å². The van der Waals surface area contributed by atoms with E-state index in [1.165, 1.54) is 18.7 Å². The van der Waals surface area contributed by atoms with E-state index in [-0.39, 0.29) is 11.8 Å². The van der Waals surface area contributed by atoms with Gasteiger partial charge in [-0.15, -0.1) is 0 Å². The number of hydrogen-bond donors (Lipinski definition) is 1. The molecule has 4 heteroatoms. The molecule has 1 unspecified atom stereocenters. The standard InChI is InChI=1S/C16H16FNO2/c1-19-15-5-4-11(7-14(15)17)16(18)10-2-3-12-8-20-9-13(12)6-10/h2-7,16H,8-9,18H2,1H3. The van der Waals surface area contributed by atoms with E-state index in [9.17, 15) is 4.39 Å². The number of ether oxygens (including phenoxy) is 2. The summed E-state index contributed by atoms with van der Waals surface area (Å²) in [4.78, 5) is 0. The average molecular weight is 273 g/mol. The van der Waals surface area contributed by atoms with E-state index in [4.69, 9.17) is 15.2 Å². The van der Waals surface area contributed by atoms with Gasteiger partial charge in [0.1, 0.15) is 0 Å². The molecule has 1 atom stereocenters. The predicted molar refractivity (Wildman–Crippen MR) is 73.9 cm³/mol. The third kappa shape index (κ3) is 2.28. The van der Waals surface area contributed by atoms with Gasteiger partial charge in [0, 0.05) is 0 Å². The molecule has 3 rings (SSSR count). The van der Waals surface area contributed by atoms with Gasteiger partial charge in [-0.2, -0.15) is 0 Å². The van der Waals surface area contributed by atoms with E-state index in [0.717, 1.165) is 16.7 Å². The molecule has 2 N–H and O–H groups in total. The van der Waals surface area contributed by atoms with Gasteiger partial charge in [0.05, 0.1) is 26.4 Å². The summed E-state index contributed by atoms with van der Waals surface area (Å²) in [6.07, 6.45) is 0. The molecule has 3 nitrogen and oxygen atoms in total. The van der Waals surface area contributed by atoms with Gasteiger partial charge >= 0.3 is 0 Å². The second kappa shape index (κ2) is 5.23. The van der Waals surface area contributed by atoms with Crippen molar-refractivity contribution in [3.8, 4) is 5.75 Å². The zero-order valence-corrected chi connectivity index (χ0v) is 11.2. The van der Waals surface area contributed by atoms with E-state index in [0.29, 0.717) is 13.2 Å². The van der Waals surface area contributed by atoms with Crippen molar-refractivity contribution in [3.63, 3.8) is 0 Å². The molecule has 0 bridgehead atoms. The molecule has 1 heterocycles. The predicted octanol–water partition coefficient (Wildman–Crippen LogP) is 2.91. The van der Waals surface area contributed by atoms with E-state index in [1.807, 2.05) is 18.2 Å². The third-order valence-electron chi connectivity index (χ3n) is 3.64.